The van der Waals surface area contributed by atoms with Crippen LogP contribution in [-0.2, 0) is 6.42 Å². The molecule has 0 saturated heterocycles. The van der Waals surface area contributed by atoms with Gasteiger partial charge in [0.25, 0.3) is 0 Å². The van der Waals surface area contributed by atoms with Crippen LogP contribution in [0.5, 0.6) is 0 Å². The van der Waals surface area contributed by atoms with Gasteiger partial charge in [0.1, 0.15) is 0 Å². The number of aryl methyl sites for hydroxylation is 2. The Balaban J connectivity index is 2.59. The molecule has 1 rings (SSSR count). The summed E-state index contributed by atoms with van der Waals surface area (Å²) in [6.07, 6.45) is 4.55. The fourth-order valence-corrected chi connectivity index (χ4v) is 2.34. The second kappa shape index (κ2) is 6.97. The van der Waals surface area contributed by atoms with E-state index in [0.29, 0.717) is 6.04 Å². The van der Waals surface area contributed by atoms with Crippen molar-refractivity contribution in [2.45, 2.75) is 32.7 Å². The lowest BCUT2D eigenvalue weighted by Gasteiger charge is -2.16. The van der Waals surface area contributed by atoms with E-state index in [1.165, 1.54) is 28.9 Å². The van der Waals surface area contributed by atoms with Crippen LogP contribution in [0.4, 0.5) is 0 Å². The van der Waals surface area contributed by atoms with Gasteiger partial charge in [-0.05, 0) is 62.4 Å². The molecule has 0 aliphatic carbocycles. The highest BCUT2D eigenvalue weighted by Gasteiger charge is 2.07. The molecule has 0 saturated carbocycles. The third kappa shape index (κ3) is 4.18. The second-order valence-electron chi connectivity index (χ2n) is 4.39. The van der Waals surface area contributed by atoms with E-state index >= 15 is 0 Å². The zero-order valence-electron chi connectivity index (χ0n) is 10.8. The molecule has 1 N–H and O–H groups in total. The molecule has 0 aliphatic rings. The topological polar surface area (TPSA) is 12.0 Å². The first-order chi connectivity index (χ1) is 7.67. The zero-order valence-corrected chi connectivity index (χ0v) is 11.7. The number of thioether (sulfide) groups is 1. The van der Waals surface area contributed by atoms with Crippen LogP contribution < -0.4 is 5.32 Å². The Morgan fingerprint density at radius 3 is 2.56 bits per heavy atom. The summed E-state index contributed by atoms with van der Waals surface area (Å²) in [6, 6.07) is 7.41. The lowest BCUT2D eigenvalue weighted by molar-refractivity contribution is 0.547. The van der Waals surface area contributed by atoms with E-state index in [9.17, 15) is 0 Å². The Morgan fingerprint density at radius 1 is 1.25 bits per heavy atom. The lowest BCUT2D eigenvalue weighted by Crippen LogP contribution is -2.28. The minimum absolute atomic E-state index is 0.606. The van der Waals surface area contributed by atoms with E-state index in [-0.39, 0.29) is 0 Å². The standard InChI is InChI=1S/C14H23NS/c1-11-5-6-13(9-12(11)2)10-14(15-3)7-8-16-4/h5-6,9,14-15H,7-8,10H2,1-4H3. The van der Waals surface area contributed by atoms with Crippen LogP contribution in [0, 0.1) is 13.8 Å². The number of rotatable bonds is 6. The first kappa shape index (κ1) is 13.6. The van der Waals surface area contributed by atoms with Gasteiger partial charge in [-0.2, -0.15) is 11.8 Å². The molecule has 1 unspecified atom stereocenters. The predicted octanol–water partition coefficient (Wildman–Crippen LogP) is 3.19. The molecule has 2 heteroatoms. The maximum Gasteiger partial charge on any atom is 0.0112 e. The Morgan fingerprint density at radius 2 is 2.00 bits per heavy atom. The maximum atomic E-state index is 3.41. The van der Waals surface area contributed by atoms with Crippen molar-refractivity contribution in [1.29, 1.82) is 0 Å². The van der Waals surface area contributed by atoms with Crippen LogP contribution in [0.3, 0.4) is 0 Å². The van der Waals surface area contributed by atoms with Gasteiger partial charge in [0.15, 0.2) is 0 Å². The van der Waals surface area contributed by atoms with Crippen LogP contribution in [0.2, 0.25) is 0 Å². The highest BCUT2D eigenvalue weighted by Crippen LogP contribution is 2.13. The Hall–Kier alpha value is -0.470. The minimum Gasteiger partial charge on any atom is -0.317 e. The molecule has 1 atom stereocenters. The zero-order chi connectivity index (χ0) is 12.0. The Labute approximate surface area is 104 Å². The van der Waals surface area contributed by atoms with Crippen molar-refractivity contribution in [2.75, 3.05) is 19.1 Å². The summed E-state index contributed by atoms with van der Waals surface area (Å²) in [4.78, 5) is 0. The molecule has 0 bridgehead atoms. The van der Waals surface area contributed by atoms with Crippen molar-refractivity contribution in [3.63, 3.8) is 0 Å². The molecule has 1 nitrogen and oxygen atoms in total. The molecule has 0 aliphatic heterocycles. The number of hydrogen-bond acceptors (Lipinski definition) is 2. The molecule has 1 aromatic carbocycles. The average molecular weight is 237 g/mol. The molecular weight excluding hydrogens is 214 g/mol. The van der Waals surface area contributed by atoms with E-state index in [4.69, 9.17) is 0 Å². The van der Waals surface area contributed by atoms with Crippen molar-refractivity contribution in [2.24, 2.45) is 0 Å². The molecular formula is C14H23NS. The summed E-state index contributed by atoms with van der Waals surface area (Å²) in [5.41, 5.74) is 4.23. The van der Waals surface area contributed by atoms with Crippen molar-refractivity contribution in [3.8, 4) is 0 Å². The Bertz CT molecular complexity index is 323. The van der Waals surface area contributed by atoms with E-state index in [1.54, 1.807) is 0 Å². The SMILES string of the molecule is CNC(CCSC)Cc1ccc(C)c(C)c1. The van der Waals surface area contributed by atoms with Gasteiger partial charge in [-0.1, -0.05) is 18.2 Å². The van der Waals surface area contributed by atoms with E-state index in [2.05, 4.69) is 50.7 Å². The first-order valence-corrected chi connectivity index (χ1v) is 7.29. The van der Waals surface area contributed by atoms with Crippen molar-refractivity contribution in [3.05, 3.63) is 34.9 Å². The molecule has 0 fully saturated rings. The van der Waals surface area contributed by atoms with Crippen LogP contribution in [0.1, 0.15) is 23.1 Å². The van der Waals surface area contributed by atoms with Crippen molar-refractivity contribution in [1.82, 2.24) is 5.32 Å². The summed E-state index contributed by atoms with van der Waals surface area (Å²) in [6.45, 7) is 4.36. The molecule has 1 aromatic rings. The fourth-order valence-electron chi connectivity index (χ4n) is 1.82. The molecule has 0 radical (unpaired) electrons. The highest BCUT2D eigenvalue weighted by molar-refractivity contribution is 7.98. The molecule has 0 heterocycles. The normalized spacial score (nSPS) is 12.8. The van der Waals surface area contributed by atoms with Gasteiger partial charge in [0, 0.05) is 6.04 Å². The van der Waals surface area contributed by atoms with Crippen molar-refractivity contribution < 1.29 is 0 Å². The van der Waals surface area contributed by atoms with E-state index < -0.39 is 0 Å². The molecule has 16 heavy (non-hydrogen) atoms. The van der Waals surface area contributed by atoms with Gasteiger partial charge in [-0.3, -0.25) is 0 Å². The number of benzene rings is 1. The van der Waals surface area contributed by atoms with Crippen LogP contribution >= 0.6 is 11.8 Å². The Kier molecular flexibility index (Phi) is 5.93. The van der Waals surface area contributed by atoms with Crippen molar-refractivity contribution >= 4 is 11.8 Å². The second-order valence-corrected chi connectivity index (χ2v) is 5.38. The van der Waals surface area contributed by atoms with Gasteiger partial charge in [0.05, 0.1) is 0 Å². The molecule has 90 valence electrons. The summed E-state index contributed by atoms with van der Waals surface area (Å²) in [7, 11) is 2.06. The first-order valence-electron chi connectivity index (χ1n) is 5.89. The van der Waals surface area contributed by atoms with Gasteiger partial charge in [-0.15, -0.1) is 0 Å². The largest absolute Gasteiger partial charge is 0.317 e. The predicted molar refractivity (Wildman–Crippen MR) is 75.5 cm³/mol. The van der Waals surface area contributed by atoms with Crippen LogP contribution in [0.15, 0.2) is 18.2 Å². The molecule has 0 aromatic heterocycles. The van der Waals surface area contributed by atoms with Gasteiger partial charge in [0.2, 0.25) is 0 Å². The van der Waals surface area contributed by atoms with Crippen LogP contribution in [0.25, 0.3) is 0 Å². The third-order valence-electron chi connectivity index (χ3n) is 3.13. The lowest BCUT2D eigenvalue weighted by atomic mass is 10.00. The summed E-state index contributed by atoms with van der Waals surface area (Å²) < 4.78 is 0. The quantitative estimate of drug-likeness (QED) is 0.815. The van der Waals surface area contributed by atoms with Gasteiger partial charge in [-0.25, -0.2) is 0 Å². The smallest absolute Gasteiger partial charge is 0.0112 e. The summed E-state index contributed by atoms with van der Waals surface area (Å²) in [5.74, 6) is 1.23. The fraction of sp³-hybridized carbons (Fsp3) is 0.571. The molecule has 0 amide bonds. The number of likely N-dealkylation sites (N-methyl/N-ethyl adjacent to an activating group) is 1. The van der Waals surface area contributed by atoms with Gasteiger partial charge < -0.3 is 5.32 Å². The summed E-state index contributed by atoms with van der Waals surface area (Å²) >= 11 is 1.92. The monoisotopic (exact) mass is 237 g/mol. The maximum absolute atomic E-state index is 3.41. The van der Waals surface area contributed by atoms with Crippen LogP contribution in [-0.4, -0.2) is 25.1 Å². The third-order valence-corrected chi connectivity index (χ3v) is 3.78. The summed E-state index contributed by atoms with van der Waals surface area (Å²) in [5, 5.41) is 3.41. The van der Waals surface area contributed by atoms with Gasteiger partial charge >= 0.3 is 0 Å². The average Bonchev–Trinajstić information content (AvgIpc) is 2.29. The molecule has 0 spiro atoms. The number of hydrogen-bond donors (Lipinski definition) is 1. The highest BCUT2D eigenvalue weighted by atomic mass is 32.2. The van der Waals surface area contributed by atoms with E-state index in [0.717, 1.165) is 6.42 Å². The van der Waals surface area contributed by atoms with E-state index in [1.807, 2.05) is 11.8 Å². The minimum atomic E-state index is 0.606. The number of nitrogens with one attached hydrogen (secondary N) is 1.